The van der Waals surface area contributed by atoms with Crippen LogP contribution < -0.4 is 0 Å². The molecule has 3 nitrogen and oxygen atoms in total. The van der Waals surface area contributed by atoms with Crippen LogP contribution in [0.1, 0.15) is 16.7 Å². The molecule has 1 N–H and O–H groups in total. The maximum Gasteiger partial charge on any atom is 0.182 e. The van der Waals surface area contributed by atoms with Crippen LogP contribution in [0.15, 0.2) is 65.6 Å². The van der Waals surface area contributed by atoms with E-state index < -0.39 is 21.5 Å². The van der Waals surface area contributed by atoms with Gasteiger partial charge in [0.05, 0.1) is 17.3 Å². The van der Waals surface area contributed by atoms with E-state index in [1.54, 1.807) is 31.2 Å². The second-order valence-corrected chi connectivity index (χ2v) is 8.33. The second kappa shape index (κ2) is 7.58. The van der Waals surface area contributed by atoms with E-state index in [1.807, 2.05) is 0 Å². The van der Waals surface area contributed by atoms with Crippen LogP contribution in [0.25, 0.3) is 11.1 Å². The number of aryl methyl sites for hydroxylation is 1. The summed E-state index contributed by atoms with van der Waals surface area (Å²) in [4.78, 5) is 0.126. The molecule has 0 unspecified atom stereocenters. The van der Waals surface area contributed by atoms with Crippen molar-refractivity contribution in [3.8, 4) is 11.1 Å². The van der Waals surface area contributed by atoms with E-state index in [2.05, 4.69) is 0 Å². The number of hydrogen-bond acceptors (Lipinski definition) is 3. The Morgan fingerprint density at radius 1 is 0.889 bits per heavy atom. The Morgan fingerprint density at radius 3 is 2.26 bits per heavy atom. The highest BCUT2D eigenvalue weighted by atomic mass is 32.2. The predicted octanol–water partition coefficient (Wildman–Crippen LogP) is 4.41. The van der Waals surface area contributed by atoms with Gasteiger partial charge in [-0.2, -0.15) is 0 Å². The van der Waals surface area contributed by atoms with Crippen LogP contribution >= 0.6 is 0 Å². The number of sulfone groups is 1. The molecule has 0 bridgehead atoms. The fraction of sp³-hybridized carbons (Fsp3) is 0.143. The number of rotatable bonds is 5. The van der Waals surface area contributed by atoms with Gasteiger partial charge in [0.2, 0.25) is 0 Å². The number of aliphatic hydroxyl groups excluding tert-OH is 1. The summed E-state index contributed by atoms with van der Waals surface area (Å²) < 4.78 is 52.6. The van der Waals surface area contributed by atoms with Gasteiger partial charge in [-0.3, -0.25) is 0 Å². The molecule has 3 aromatic carbocycles. The first-order valence-corrected chi connectivity index (χ1v) is 9.93. The Hall–Kier alpha value is -2.57. The van der Waals surface area contributed by atoms with E-state index in [4.69, 9.17) is 0 Å². The Morgan fingerprint density at radius 2 is 1.59 bits per heavy atom. The fourth-order valence-corrected chi connectivity index (χ4v) is 4.38. The maximum atomic E-state index is 14.0. The highest BCUT2D eigenvalue weighted by Crippen LogP contribution is 2.29. The molecule has 27 heavy (non-hydrogen) atoms. The van der Waals surface area contributed by atoms with Crippen molar-refractivity contribution in [1.29, 1.82) is 0 Å². The van der Waals surface area contributed by atoms with Crippen molar-refractivity contribution < 1.29 is 22.3 Å². The Balaban J connectivity index is 1.94. The number of halogens is 2. The molecular formula is C21H18F2O3S. The first kappa shape index (κ1) is 19.2. The summed E-state index contributed by atoms with van der Waals surface area (Å²) in [5.41, 5.74) is 2.52. The maximum absolute atomic E-state index is 14.0. The first-order chi connectivity index (χ1) is 12.8. The van der Waals surface area contributed by atoms with Crippen molar-refractivity contribution in [3.05, 3.63) is 89.0 Å². The molecule has 0 saturated heterocycles. The summed E-state index contributed by atoms with van der Waals surface area (Å²) >= 11 is 0. The van der Waals surface area contributed by atoms with Crippen LogP contribution in [0.2, 0.25) is 0 Å². The van der Waals surface area contributed by atoms with Crippen LogP contribution in [0.5, 0.6) is 0 Å². The molecule has 0 aliphatic heterocycles. The van der Waals surface area contributed by atoms with Crippen molar-refractivity contribution >= 4 is 9.84 Å². The van der Waals surface area contributed by atoms with Crippen molar-refractivity contribution in [2.45, 2.75) is 24.2 Å². The van der Waals surface area contributed by atoms with E-state index in [9.17, 15) is 22.3 Å². The van der Waals surface area contributed by atoms with Crippen molar-refractivity contribution in [1.82, 2.24) is 0 Å². The summed E-state index contributed by atoms with van der Waals surface area (Å²) in [5.74, 6) is -1.57. The van der Waals surface area contributed by atoms with E-state index >= 15 is 0 Å². The van der Waals surface area contributed by atoms with Gasteiger partial charge in [-0.1, -0.05) is 30.3 Å². The first-order valence-electron chi connectivity index (χ1n) is 8.27. The summed E-state index contributed by atoms with van der Waals surface area (Å²) in [7, 11) is -3.61. The number of aliphatic hydroxyl groups is 1. The molecule has 0 spiro atoms. The zero-order valence-corrected chi connectivity index (χ0v) is 15.4. The third-order valence-electron chi connectivity index (χ3n) is 4.31. The molecule has 0 heterocycles. The Kier molecular flexibility index (Phi) is 5.39. The smallest absolute Gasteiger partial charge is 0.182 e. The van der Waals surface area contributed by atoms with Crippen LogP contribution in [0, 0.1) is 18.6 Å². The lowest BCUT2D eigenvalue weighted by molar-refractivity contribution is 0.282. The molecule has 0 atom stereocenters. The van der Waals surface area contributed by atoms with E-state index in [1.165, 1.54) is 24.3 Å². The molecule has 3 aromatic rings. The van der Waals surface area contributed by atoms with Gasteiger partial charge in [0, 0.05) is 11.6 Å². The summed E-state index contributed by atoms with van der Waals surface area (Å²) in [6.07, 6.45) is 0. The van der Waals surface area contributed by atoms with Crippen LogP contribution in [-0.2, 0) is 22.2 Å². The van der Waals surface area contributed by atoms with E-state index in [-0.39, 0.29) is 22.8 Å². The minimum Gasteiger partial charge on any atom is -0.392 e. The standard InChI is InChI=1S/C21H18F2O3S/c1-14-9-18(6-8-19(14)20-7-5-17(22)11-21(20)23)27(25,26)13-16-4-2-3-15(10-16)12-24/h2-11,24H,12-13H2,1H3. The number of hydrogen-bond donors (Lipinski definition) is 1. The third kappa shape index (κ3) is 4.23. The summed E-state index contributed by atoms with van der Waals surface area (Å²) in [6, 6.07) is 14.5. The normalized spacial score (nSPS) is 11.6. The van der Waals surface area contributed by atoms with Crippen LogP contribution in [-0.4, -0.2) is 13.5 Å². The van der Waals surface area contributed by atoms with Gasteiger partial charge in [0.1, 0.15) is 11.6 Å². The van der Waals surface area contributed by atoms with Gasteiger partial charge in [-0.25, -0.2) is 17.2 Å². The average Bonchev–Trinajstić information content (AvgIpc) is 2.62. The van der Waals surface area contributed by atoms with Crippen molar-refractivity contribution in [3.63, 3.8) is 0 Å². The molecule has 6 heteroatoms. The third-order valence-corrected chi connectivity index (χ3v) is 5.99. The molecule has 0 fully saturated rings. The minimum atomic E-state index is -3.61. The highest BCUT2D eigenvalue weighted by molar-refractivity contribution is 7.90. The largest absolute Gasteiger partial charge is 0.392 e. The van der Waals surface area contributed by atoms with Crippen LogP contribution in [0.4, 0.5) is 8.78 Å². The van der Waals surface area contributed by atoms with Gasteiger partial charge < -0.3 is 5.11 Å². The predicted molar refractivity (Wildman–Crippen MR) is 99.8 cm³/mol. The summed E-state index contributed by atoms with van der Waals surface area (Å²) in [5, 5.41) is 9.19. The van der Waals surface area contributed by atoms with Crippen molar-refractivity contribution in [2.75, 3.05) is 0 Å². The molecule has 0 radical (unpaired) electrons. The van der Waals surface area contributed by atoms with Crippen LogP contribution in [0.3, 0.4) is 0 Å². The Labute approximate surface area is 156 Å². The molecule has 0 amide bonds. The molecule has 0 aromatic heterocycles. The number of benzene rings is 3. The topological polar surface area (TPSA) is 54.4 Å². The lowest BCUT2D eigenvalue weighted by atomic mass is 10.0. The SMILES string of the molecule is Cc1cc(S(=O)(=O)Cc2cccc(CO)c2)ccc1-c1ccc(F)cc1F. The van der Waals surface area contributed by atoms with Gasteiger partial charge in [-0.15, -0.1) is 0 Å². The minimum absolute atomic E-state index is 0.126. The lowest BCUT2D eigenvalue weighted by Gasteiger charge is -2.11. The molecule has 0 aliphatic carbocycles. The monoisotopic (exact) mass is 388 g/mol. The van der Waals surface area contributed by atoms with E-state index in [0.717, 1.165) is 12.1 Å². The summed E-state index contributed by atoms with van der Waals surface area (Å²) in [6.45, 7) is 1.52. The molecular weight excluding hydrogens is 370 g/mol. The quantitative estimate of drug-likeness (QED) is 0.705. The van der Waals surface area contributed by atoms with E-state index in [0.29, 0.717) is 22.3 Å². The average molecular weight is 388 g/mol. The molecule has 140 valence electrons. The lowest BCUT2D eigenvalue weighted by Crippen LogP contribution is -2.06. The zero-order chi connectivity index (χ0) is 19.6. The van der Waals surface area contributed by atoms with Gasteiger partial charge in [-0.05, 0) is 53.4 Å². The fourth-order valence-electron chi connectivity index (χ4n) is 2.96. The van der Waals surface area contributed by atoms with Crippen molar-refractivity contribution in [2.24, 2.45) is 0 Å². The second-order valence-electron chi connectivity index (χ2n) is 6.34. The molecule has 3 rings (SSSR count). The Bertz CT molecular complexity index is 1090. The highest BCUT2D eigenvalue weighted by Gasteiger charge is 2.18. The van der Waals surface area contributed by atoms with Gasteiger partial charge in [0.15, 0.2) is 9.84 Å². The zero-order valence-electron chi connectivity index (χ0n) is 14.6. The molecule has 0 saturated carbocycles. The van der Waals surface area contributed by atoms with Gasteiger partial charge >= 0.3 is 0 Å². The molecule has 0 aliphatic rings. The van der Waals surface area contributed by atoms with Gasteiger partial charge in [0.25, 0.3) is 0 Å².